The van der Waals surface area contributed by atoms with Crippen molar-refractivity contribution >= 4 is 39.5 Å². The molecule has 2 unspecified atom stereocenters. The zero-order valence-corrected chi connectivity index (χ0v) is 70.5. The van der Waals surface area contributed by atoms with Crippen molar-refractivity contribution in [2.45, 2.75) is 489 Å². The van der Waals surface area contributed by atoms with Crippen LogP contribution in [-0.4, -0.2) is 96.7 Å². The molecule has 3 N–H and O–H groups in total. The lowest BCUT2D eigenvalue weighted by Gasteiger charge is -2.21. The Balaban J connectivity index is 5.24. The van der Waals surface area contributed by atoms with Gasteiger partial charge in [-0.2, -0.15) is 0 Å². The maximum absolute atomic E-state index is 13.1. The number of ether oxygens (including phenoxy) is 4. The molecule has 0 spiro atoms. The molecule has 0 saturated heterocycles. The van der Waals surface area contributed by atoms with Gasteiger partial charge in [0.1, 0.15) is 19.3 Å². The lowest BCUT2D eigenvalue weighted by atomic mass is 10.0. The summed E-state index contributed by atoms with van der Waals surface area (Å²) in [6.07, 6.45) is 74.9. The first-order chi connectivity index (χ1) is 51.2. The van der Waals surface area contributed by atoms with E-state index in [1.165, 1.54) is 302 Å². The molecule has 624 valence electrons. The zero-order valence-electron chi connectivity index (χ0n) is 68.7. The molecule has 0 aromatic heterocycles. The van der Waals surface area contributed by atoms with Gasteiger partial charge in [0, 0.05) is 25.7 Å². The summed E-state index contributed by atoms with van der Waals surface area (Å²) >= 11 is 0. The normalized spacial score (nSPS) is 13.7. The first-order valence-corrected chi connectivity index (χ1v) is 47.8. The Morgan fingerprint density at radius 1 is 0.229 bits per heavy atom. The van der Waals surface area contributed by atoms with E-state index >= 15 is 0 Å². The van der Waals surface area contributed by atoms with Gasteiger partial charge in [0.25, 0.3) is 0 Å². The van der Waals surface area contributed by atoms with Gasteiger partial charge >= 0.3 is 39.5 Å². The van der Waals surface area contributed by atoms with Gasteiger partial charge in [0.2, 0.25) is 0 Å². The molecule has 0 heterocycles. The summed E-state index contributed by atoms with van der Waals surface area (Å²) in [6.45, 7) is 5.07. The molecule has 0 aliphatic heterocycles. The Morgan fingerprint density at radius 2 is 0.381 bits per heavy atom. The summed E-state index contributed by atoms with van der Waals surface area (Å²) < 4.78 is 68.9. The highest BCUT2D eigenvalue weighted by atomic mass is 31.2. The first kappa shape index (κ1) is 103. The Bertz CT molecular complexity index is 1980. The van der Waals surface area contributed by atoms with Gasteiger partial charge in [-0.05, 0) is 25.7 Å². The number of unbranched alkanes of at least 4 members (excludes halogenated alkanes) is 61. The summed E-state index contributed by atoms with van der Waals surface area (Å²) in [5.41, 5.74) is 0. The van der Waals surface area contributed by atoms with Crippen LogP contribution >= 0.6 is 15.6 Å². The quantitative estimate of drug-likeness (QED) is 0.0222. The number of aliphatic hydroxyl groups is 1. The number of phosphoric ester groups is 2. The van der Waals surface area contributed by atoms with E-state index in [0.717, 1.165) is 89.9 Å². The Labute approximate surface area is 645 Å². The van der Waals surface area contributed by atoms with Crippen molar-refractivity contribution in [1.82, 2.24) is 0 Å². The fraction of sp³-hybridized carbons (Fsp3) is 0.953. The van der Waals surface area contributed by atoms with E-state index in [1.807, 2.05) is 0 Å². The Morgan fingerprint density at radius 3 is 0.562 bits per heavy atom. The minimum Gasteiger partial charge on any atom is -0.462 e. The highest BCUT2D eigenvalue weighted by Gasteiger charge is 2.30. The molecule has 17 nitrogen and oxygen atoms in total. The molecule has 105 heavy (non-hydrogen) atoms. The predicted octanol–water partition coefficient (Wildman–Crippen LogP) is 26.5. The molecule has 0 fully saturated rings. The highest BCUT2D eigenvalue weighted by molar-refractivity contribution is 7.47. The van der Waals surface area contributed by atoms with E-state index < -0.39 is 97.5 Å². The van der Waals surface area contributed by atoms with Crippen LogP contribution in [0.1, 0.15) is 471 Å². The van der Waals surface area contributed by atoms with Crippen molar-refractivity contribution in [3.63, 3.8) is 0 Å². The van der Waals surface area contributed by atoms with Crippen molar-refractivity contribution in [2.75, 3.05) is 39.6 Å². The van der Waals surface area contributed by atoms with Crippen LogP contribution in [0.15, 0.2) is 0 Å². The van der Waals surface area contributed by atoms with Crippen LogP contribution in [0.25, 0.3) is 0 Å². The third-order valence-corrected chi connectivity index (χ3v) is 22.3. The fourth-order valence-electron chi connectivity index (χ4n) is 13.5. The summed E-state index contributed by atoms with van der Waals surface area (Å²) in [4.78, 5) is 73.2. The summed E-state index contributed by atoms with van der Waals surface area (Å²) in [6, 6.07) is 0. The number of phosphoric acid groups is 2. The summed E-state index contributed by atoms with van der Waals surface area (Å²) in [5.74, 6) is -2.10. The van der Waals surface area contributed by atoms with Crippen molar-refractivity contribution < 1.29 is 80.2 Å². The minimum absolute atomic E-state index is 0.109. The van der Waals surface area contributed by atoms with Crippen LogP contribution in [-0.2, 0) is 65.4 Å². The van der Waals surface area contributed by atoms with Gasteiger partial charge in [-0.3, -0.25) is 37.3 Å². The smallest absolute Gasteiger partial charge is 0.462 e. The molecule has 0 bridgehead atoms. The monoisotopic (exact) mass is 1540 g/mol. The van der Waals surface area contributed by atoms with Gasteiger partial charge in [-0.25, -0.2) is 9.13 Å². The second kappa shape index (κ2) is 80.1. The number of carbonyl (C=O) groups excluding carboxylic acids is 4. The van der Waals surface area contributed by atoms with Crippen LogP contribution in [0.3, 0.4) is 0 Å². The van der Waals surface area contributed by atoms with E-state index in [1.54, 1.807) is 0 Å². The fourth-order valence-corrected chi connectivity index (χ4v) is 15.1. The molecule has 0 aliphatic rings. The molecule has 0 saturated carbocycles. The molecule has 5 atom stereocenters. The number of hydrogen-bond acceptors (Lipinski definition) is 15. The van der Waals surface area contributed by atoms with Crippen molar-refractivity contribution in [1.29, 1.82) is 0 Å². The lowest BCUT2D eigenvalue weighted by molar-refractivity contribution is -0.161. The molecular formula is C86H168O17P2. The van der Waals surface area contributed by atoms with Crippen LogP contribution in [0.4, 0.5) is 0 Å². The Hall–Kier alpha value is -1.94. The van der Waals surface area contributed by atoms with Gasteiger partial charge in [0.15, 0.2) is 12.2 Å². The van der Waals surface area contributed by atoms with E-state index in [2.05, 4.69) is 27.7 Å². The van der Waals surface area contributed by atoms with Gasteiger partial charge < -0.3 is 33.8 Å². The summed E-state index contributed by atoms with van der Waals surface area (Å²) in [7, 11) is -9.93. The van der Waals surface area contributed by atoms with Crippen LogP contribution in [0.5, 0.6) is 0 Å². The van der Waals surface area contributed by atoms with E-state index in [9.17, 15) is 43.2 Å². The first-order valence-electron chi connectivity index (χ1n) is 44.8. The minimum atomic E-state index is -4.96. The second-order valence-electron chi connectivity index (χ2n) is 30.9. The van der Waals surface area contributed by atoms with Crippen LogP contribution in [0, 0.1) is 0 Å². The van der Waals surface area contributed by atoms with Crippen LogP contribution < -0.4 is 0 Å². The molecule has 0 aromatic carbocycles. The highest BCUT2D eigenvalue weighted by Crippen LogP contribution is 2.45. The van der Waals surface area contributed by atoms with Gasteiger partial charge in [0.05, 0.1) is 26.4 Å². The van der Waals surface area contributed by atoms with E-state index in [4.69, 9.17) is 37.0 Å². The third kappa shape index (κ3) is 79.9. The van der Waals surface area contributed by atoms with Crippen molar-refractivity contribution in [3.05, 3.63) is 0 Å². The topological polar surface area (TPSA) is 237 Å². The third-order valence-electron chi connectivity index (χ3n) is 20.4. The molecule has 0 aliphatic carbocycles. The predicted molar refractivity (Wildman–Crippen MR) is 432 cm³/mol. The number of hydrogen-bond donors (Lipinski definition) is 3. The molecular weight excluding hydrogens is 1370 g/mol. The maximum atomic E-state index is 13.1. The average molecular weight is 1540 g/mol. The second-order valence-corrected chi connectivity index (χ2v) is 33.8. The summed E-state index contributed by atoms with van der Waals surface area (Å²) in [5, 5.41) is 10.7. The molecule has 0 amide bonds. The lowest BCUT2D eigenvalue weighted by Crippen LogP contribution is -2.30. The number of rotatable bonds is 87. The van der Waals surface area contributed by atoms with Crippen molar-refractivity contribution in [2.24, 2.45) is 0 Å². The van der Waals surface area contributed by atoms with E-state index in [0.29, 0.717) is 25.7 Å². The average Bonchev–Trinajstić information content (AvgIpc) is 0.921. The zero-order chi connectivity index (χ0) is 76.7. The van der Waals surface area contributed by atoms with Gasteiger partial charge in [-0.1, -0.05) is 419 Å². The van der Waals surface area contributed by atoms with Gasteiger partial charge in [-0.15, -0.1) is 0 Å². The van der Waals surface area contributed by atoms with Crippen molar-refractivity contribution in [3.8, 4) is 0 Å². The largest absolute Gasteiger partial charge is 0.472 e. The maximum Gasteiger partial charge on any atom is 0.472 e. The number of aliphatic hydroxyl groups excluding tert-OH is 1. The number of carbonyl (C=O) groups is 4. The molecule has 0 aromatic rings. The SMILES string of the molecule is CCCCCCCCCCCCCCCCCCCCCCC(=O)O[C@H](COC(=O)CCCCCCCCCCCCCCCCCCCC)COP(=O)(O)OC[C@@H](O)COP(=O)(O)OC[C@@H](COC(=O)CCCCCCCCCCCCCC)OC(=O)CCCCCCCCCCCCCCCCC. The molecule has 0 rings (SSSR count). The number of esters is 4. The Kier molecular flexibility index (Phi) is 78.6. The standard InChI is InChI=1S/C86H168O17P2/c1-5-9-13-17-21-25-29-33-36-38-40-41-43-46-49-53-57-61-65-69-73-86(91)103-82(77-97-84(89)71-67-63-59-55-51-47-45-42-39-37-34-30-26-22-18-14-10-6-2)79-101-105(94,95)99-75-80(87)74-98-104(92,93)100-78-81(76-96-83(88)70-66-62-58-54-50-32-28-24-20-16-12-8-4)102-85(90)72-68-64-60-56-52-48-44-35-31-27-23-19-15-11-7-3/h80-82,87H,5-79H2,1-4H3,(H,92,93)(H,94,95)/t80-,81+,82+/m0/s1. The molecule has 19 heteroatoms. The van der Waals surface area contributed by atoms with Crippen LogP contribution in [0.2, 0.25) is 0 Å². The molecule has 0 radical (unpaired) electrons. The van der Waals surface area contributed by atoms with E-state index in [-0.39, 0.29) is 25.7 Å².